The van der Waals surface area contributed by atoms with Crippen molar-refractivity contribution in [2.24, 2.45) is 11.8 Å². The van der Waals surface area contributed by atoms with Crippen molar-refractivity contribution in [2.45, 2.75) is 106 Å². The summed E-state index contributed by atoms with van der Waals surface area (Å²) >= 11 is 0. The Morgan fingerprint density at radius 3 is 1.43 bits per heavy atom. The first-order valence-corrected chi connectivity index (χ1v) is 10.0. The Labute approximate surface area is 146 Å². The van der Waals surface area contributed by atoms with E-state index in [0.29, 0.717) is 0 Å². The summed E-state index contributed by atoms with van der Waals surface area (Å²) in [6, 6.07) is 0. The number of hydrogen-bond donors (Lipinski definition) is 0. The predicted octanol–water partition coefficient (Wildman–Crippen LogP) is 8.02. The summed E-state index contributed by atoms with van der Waals surface area (Å²) in [5, 5.41) is 0. The highest BCUT2D eigenvalue weighted by Gasteiger charge is 2.08. The van der Waals surface area contributed by atoms with Crippen molar-refractivity contribution in [1.29, 1.82) is 0 Å². The zero-order chi connectivity index (χ0) is 17.5. The summed E-state index contributed by atoms with van der Waals surface area (Å²) in [5.74, 6) is 1.64. The molecule has 0 aromatic heterocycles. The van der Waals surface area contributed by atoms with Crippen LogP contribution in [0.3, 0.4) is 0 Å². The molecule has 0 bridgehead atoms. The van der Waals surface area contributed by atoms with Crippen LogP contribution in [0.2, 0.25) is 0 Å². The van der Waals surface area contributed by atoms with E-state index in [-0.39, 0.29) is 0 Å². The van der Waals surface area contributed by atoms with Crippen LogP contribution < -0.4 is 0 Å². The minimum absolute atomic E-state index is 0.818. The zero-order valence-electron chi connectivity index (χ0n) is 16.8. The fraction of sp³-hybridized carbons (Fsp3) is 0.818. The van der Waals surface area contributed by atoms with Crippen molar-refractivity contribution in [3.63, 3.8) is 0 Å². The van der Waals surface area contributed by atoms with E-state index in [4.69, 9.17) is 4.74 Å². The molecule has 0 saturated carbocycles. The highest BCUT2D eigenvalue weighted by Crippen LogP contribution is 2.22. The van der Waals surface area contributed by atoms with Crippen molar-refractivity contribution >= 4 is 0 Å². The minimum Gasteiger partial charge on any atom is -0.473 e. The molecule has 0 rings (SSSR count). The molecule has 1 nitrogen and oxygen atoms in total. The van der Waals surface area contributed by atoms with Crippen molar-refractivity contribution in [1.82, 2.24) is 0 Å². The Kier molecular flexibility index (Phi) is 14.4. The molecule has 0 spiro atoms. The quantitative estimate of drug-likeness (QED) is 0.294. The first-order valence-electron chi connectivity index (χ1n) is 10.0. The van der Waals surface area contributed by atoms with Crippen LogP contribution in [0.25, 0.3) is 0 Å². The summed E-state index contributed by atoms with van der Waals surface area (Å²) in [4.78, 5) is 0. The fourth-order valence-corrected chi connectivity index (χ4v) is 3.16. The van der Waals surface area contributed by atoms with Crippen LogP contribution in [0.4, 0.5) is 0 Å². The average Bonchev–Trinajstić information content (AvgIpc) is 2.55. The third kappa shape index (κ3) is 12.4. The summed E-state index contributed by atoms with van der Waals surface area (Å²) in [7, 11) is 0. The van der Waals surface area contributed by atoms with E-state index in [0.717, 1.165) is 11.8 Å². The Balaban J connectivity index is 4.24. The van der Waals surface area contributed by atoms with Gasteiger partial charge in [0.05, 0.1) is 12.5 Å². The van der Waals surface area contributed by atoms with Gasteiger partial charge in [-0.3, -0.25) is 0 Å². The van der Waals surface area contributed by atoms with E-state index in [1.165, 1.54) is 75.4 Å². The van der Waals surface area contributed by atoms with Crippen LogP contribution in [-0.2, 0) is 4.74 Å². The summed E-state index contributed by atoms with van der Waals surface area (Å²) in [6.07, 6.45) is 16.8. The van der Waals surface area contributed by atoms with Gasteiger partial charge in [-0.1, -0.05) is 79.1 Å². The molecule has 2 atom stereocenters. The molecule has 0 fully saturated rings. The molecule has 0 saturated heterocycles. The van der Waals surface area contributed by atoms with Gasteiger partial charge < -0.3 is 4.74 Å². The number of hydrogen-bond acceptors (Lipinski definition) is 1. The summed E-state index contributed by atoms with van der Waals surface area (Å²) in [5.41, 5.74) is 2.74. The molecular formula is C22H42O. The van der Waals surface area contributed by atoms with E-state index in [2.05, 4.69) is 41.5 Å². The maximum absolute atomic E-state index is 5.73. The molecule has 0 aliphatic carbocycles. The normalized spacial score (nSPS) is 15.6. The number of allylic oxidation sites excluding steroid dienone is 2. The average molecular weight is 323 g/mol. The molecule has 136 valence electrons. The predicted molar refractivity (Wildman–Crippen MR) is 104 cm³/mol. The van der Waals surface area contributed by atoms with Crippen molar-refractivity contribution in [2.75, 3.05) is 0 Å². The van der Waals surface area contributed by atoms with Crippen LogP contribution >= 0.6 is 0 Å². The minimum atomic E-state index is 0.818. The maximum Gasteiger partial charge on any atom is 0.0890 e. The van der Waals surface area contributed by atoms with Gasteiger partial charge in [-0.05, 0) is 49.7 Å². The van der Waals surface area contributed by atoms with Gasteiger partial charge >= 0.3 is 0 Å². The zero-order valence-corrected chi connectivity index (χ0v) is 16.8. The third-order valence-corrected chi connectivity index (χ3v) is 4.85. The van der Waals surface area contributed by atoms with Gasteiger partial charge in [0.2, 0.25) is 0 Å². The lowest BCUT2D eigenvalue weighted by Gasteiger charge is -2.15. The topological polar surface area (TPSA) is 9.23 Å². The summed E-state index contributed by atoms with van der Waals surface area (Å²) in [6.45, 7) is 13.6. The maximum atomic E-state index is 5.73. The SMILES string of the molecule is CCCCC(CC)CC(C)=COC=C(C)CC(CC)CCCC. The largest absolute Gasteiger partial charge is 0.473 e. The molecule has 0 aromatic carbocycles. The van der Waals surface area contributed by atoms with Crippen molar-refractivity contribution < 1.29 is 4.74 Å². The van der Waals surface area contributed by atoms with Gasteiger partial charge in [0.15, 0.2) is 0 Å². The first-order chi connectivity index (χ1) is 11.1. The van der Waals surface area contributed by atoms with E-state index in [9.17, 15) is 0 Å². The fourth-order valence-electron chi connectivity index (χ4n) is 3.16. The highest BCUT2D eigenvalue weighted by molar-refractivity contribution is 4.99. The second kappa shape index (κ2) is 14.8. The van der Waals surface area contributed by atoms with Gasteiger partial charge in [0.1, 0.15) is 0 Å². The molecule has 0 aromatic rings. The third-order valence-electron chi connectivity index (χ3n) is 4.85. The van der Waals surface area contributed by atoms with E-state index >= 15 is 0 Å². The van der Waals surface area contributed by atoms with Crippen LogP contribution in [0.15, 0.2) is 23.7 Å². The van der Waals surface area contributed by atoms with Gasteiger partial charge in [-0.15, -0.1) is 0 Å². The van der Waals surface area contributed by atoms with Gasteiger partial charge in [-0.25, -0.2) is 0 Å². The molecule has 23 heavy (non-hydrogen) atoms. The molecule has 0 aliphatic heterocycles. The first kappa shape index (κ1) is 22.3. The molecule has 0 N–H and O–H groups in total. The van der Waals surface area contributed by atoms with Crippen molar-refractivity contribution in [3.8, 4) is 0 Å². The molecule has 0 amide bonds. The van der Waals surface area contributed by atoms with Gasteiger partial charge in [-0.2, -0.15) is 0 Å². The monoisotopic (exact) mass is 322 g/mol. The van der Waals surface area contributed by atoms with E-state index in [1.807, 2.05) is 12.5 Å². The molecule has 0 radical (unpaired) electrons. The molecular weight excluding hydrogens is 280 g/mol. The second-order valence-electron chi connectivity index (χ2n) is 7.31. The Morgan fingerprint density at radius 2 is 1.13 bits per heavy atom. The number of rotatable bonds is 14. The Morgan fingerprint density at radius 1 is 0.739 bits per heavy atom. The van der Waals surface area contributed by atoms with Crippen LogP contribution in [0.5, 0.6) is 0 Å². The standard InChI is InChI=1S/C22H42O/c1-7-11-13-21(9-3)15-19(5)17-23-18-20(6)16-22(10-4)14-12-8-2/h17-18,21-22H,7-16H2,1-6H3. The molecule has 2 unspecified atom stereocenters. The van der Waals surface area contributed by atoms with E-state index < -0.39 is 0 Å². The lowest BCUT2D eigenvalue weighted by molar-refractivity contribution is 0.373. The molecule has 0 aliphatic rings. The van der Waals surface area contributed by atoms with Crippen LogP contribution in [-0.4, -0.2) is 0 Å². The smallest absolute Gasteiger partial charge is 0.0890 e. The highest BCUT2D eigenvalue weighted by atomic mass is 16.5. The second-order valence-corrected chi connectivity index (χ2v) is 7.31. The number of ether oxygens (including phenoxy) is 1. The molecule has 0 heterocycles. The van der Waals surface area contributed by atoms with Crippen LogP contribution in [0.1, 0.15) is 106 Å². The lowest BCUT2D eigenvalue weighted by atomic mass is 9.93. The lowest BCUT2D eigenvalue weighted by Crippen LogP contribution is -2.00. The van der Waals surface area contributed by atoms with Gasteiger partial charge in [0.25, 0.3) is 0 Å². The summed E-state index contributed by atoms with van der Waals surface area (Å²) < 4.78 is 5.73. The molecule has 1 heteroatoms. The van der Waals surface area contributed by atoms with Gasteiger partial charge in [0, 0.05) is 0 Å². The van der Waals surface area contributed by atoms with Crippen molar-refractivity contribution in [3.05, 3.63) is 23.7 Å². The Bertz CT molecular complexity index is 295. The van der Waals surface area contributed by atoms with Crippen LogP contribution in [0, 0.1) is 11.8 Å². The van der Waals surface area contributed by atoms with E-state index in [1.54, 1.807) is 0 Å². The Hall–Kier alpha value is -0.720. The number of unbranched alkanes of at least 4 members (excludes halogenated alkanes) is 2.